The molecule has 0 atom stereocenters. The van der Waals surface area contributed by atoms with Crippen LogP contribution < -0.4 is 0 Å². The Morgan fingerprint density at radius 1 is 0.875 bits per heavy atom. The molecule has 0 aliphatic heterocycles. The molecule has 0 unspecified atom stereocenters. The molecular formula is C13H9F2N. The Morgan fingerprint density at radius 2 is 1.62 bits per heavy atom. The van der Waals surface area contributed by atoms with Crippen molar-refractivity contribution in [2.24, 2.45) is 4.99 Å². The molecule has 16 heavy (non-hydrogen) atoms. The summed E-state index contributed by atoms with van der Waals surface area (Å²) in [6, 6.07) is 11.9. The van der Waals surface area contributed by atoms with Crippen LogP contribution in [0.5, 0.6) is 0 Å². The SMILES string of the molecule is Fc1ccc(C=Nc2cccc(F)c2)cc1. The van der Waals surface area contributed by atoms with Crippen LogP contribution in [0.3, 0.4) is 0 Å². The van der Waals surface area contributed by atoms with Gasteiger partial charge in [0, 0.05) is 6.21 Å². The molecule has 0 aliphatic rings. The lowest BCUT2D eigenvalue weighted by atomic mass is 10.2. The van der Waals surface area contributed by atoms with E-state index < -0.39 is 0 Å². The molecule has 0 saturated carbocycles. The Labute approximate surface area is 92.1 Å². The predicted molar refractivity (Wildman–Crippen MR) is 60.1 cm³/mol. The van der Waals surface area contributed by atoms with Gasteiger partial charge in [0.1, 0.15) is 11.6 Å². The molecule has 0 fully saturated rings. The van der Waals surface area contributed by atoms with E-state index in [9.17, 15) is 8.78 Å². The summed E-state index contributed by atoms with van der Waals surface area (Å²) in [5.41, 5.74) is 1.30. The molecule has 0 N–H and O–H groups in total. The standard InChI is InChI=1S/C13H9F2N/c14-11-6-4-10(5-7-11)9-16-13-3-1-2-12(15)8-13/h1-9H. The fourth-order valence-electron chi connectivity index (χ4n) is 1.25. The minimum atomic E-state index is -0.325. The number of halogens is 2. The highest BCUT2D eigenvalue weighted by molar-refractivity contribution is 5.81. The van der Waals surface area contributed by atoms with E-state index in [4.69, 9.17) is 0 Å². The number of rotatable bonds is 2. The third-order valence-electron chi connectivity index (χ3n) is 2.04. The van der Waals surface area contributed by atoms with Gasteiger partial charge in [-0.05, 0) is 35.9 Å². The number of benzene rings is 2. The molecule has 0 aromatic heterocycles. The normalized spacial score (nSPS) is 10.9. The van der Waals surface area contributed by atoms with Crippen molar-refractivity contribution in [3.8, 4) is 0 Å². The van der Waals surface area contributed by atoms with Crippen LogP contribution in [0, 0.1) is 11.6 Å². The summed E-state index contributed by atoms with van der Waals surface area (Å²) in [6.45, 7) is 0. The maximum atomic E-state index is 12.8. The second kappa shape index (κ2) is 4.66. The molecule has 3 heteroatoms. The number of hydrogen-bond donors (Lipinski definition) is 0. The van der Waals surface area contributed by atoms with Gasteiger partial charge in [0.25, 0.3) is 0 Å². The zero-order valence-corrected chi connectivity index (χ0v) is 8.40. The van der Waals surface area contributed by atoms with Gasteiger partial charge < -0.3 is 0 Å². The molecule has 0 amide bonds. The third kappa shape index (κ3) is 2.73. The number of nitrogens with zero attached hydrogens (tertiary/aromatic N) is 1. The number of aliphatic imine (C=N–C) groups is 1. The van der Waals surface area contributed by atoms with E-state index in [1.165, 1.54) is 24.3 Å². The first-order valence-corrected chi connectivity index (χ1v) is 4.79. The van der Waals surface area contributed by atoms with Gasteiger partial charge in [0.05, 0.1) is 5.69 Å². The lowest BCUT2D eigenvalue weighted by molar-refractivity contribution is 0.627. The maximum Gasteiger partial charge on any atom is 0.125 e. The number of hydrogen-bond acceptors (Lipinski definition) is 1. The lowest BCUT2D eigenvalue weighted by Gasteiger charge is -1.94. The van der Waals surface area contributed by atoms with Crippen LogP contribution in [0.1, 0.15) is 5.56 Å². The lowest BCUT2D eigenvalue weighted by Crippen LogP contribution is -1.81. The minimum absolute atomic E-state index is 0.289. The Kier molecular flexibility index (Phi) is 3.05. The first-order chi connectivity index (χ1) is 7.74. The van der Waals surface area contributed by atoms with E-state index in [-0.39, 0.29) is 11.6 Å². The van der Waals surface area contributed by atoms with Crippen molar-refractivity contribution < 1.29 is 8.78 Å². The fraction of sp³-hybridized carbons (Fsp3) is 0. The van der Waals surface area contributed by atoms with E-state index in [2.05, 4.69) is 4.99 Å². The Hall–Kier alpha value is -2.03. The van der Waals surface area contributed by atoms with Gasteiger partial charge in [-0.2, -0.15) is 0 Å². The molecule has 1 nitrogen and oxygen atoms in total. The molecule has 0 aliphatic carbocycles. The molecule has 0 radical (unpaired) electrons. The van der Waals surface area contributed by atoms with Crippen LogP contribution in [-0.4, -0.2) is 6.21 Å². The zero-order chi connectivity index (χ0) is 11.4. The van der Waals surface area contributed by atoms with E-state index in [1.54, 1.807) is 30.5 Å². The van der Waals surface area contributed by atoms with E-state index in [0.29, 0.717) is 5.69 Å². The summed E-state index contributed by atoms with van der Waals surface area (Å²) >= 11 is 0. The van der Waals surface area contributed by atoms with E-state index in [0.717, 1.165) is 5.56 Å². The minimum Gasteiger partial charge on any atom is -0.256 e. The van der Waals surface area contributed by atoms with Gasteiger partial charge in [0.2, 0.25) is 0 Å². The summed E-state index contributed by atoms with van der Waals surface area (Å²) in [4.78, 5) is 4.08. The Morgan fingerprint density at radius 3 is 2.31 bits per heavy atom. The van der Waals surface area contributed by atoms with Crippen molar-refractivity contribution in [3.63, 3.8) is 0 Å². The Balaban J connectivity index is 2.18. The molecule has 0 saturated heterocycles. The highest BCUT2D eigenvalue weighted by atomic mass is 19.1. The van der Waals surface area contributed by atoms with Gasteiger partial charge >= 0.3 is 0 Å². The highest BCUT2D eigenvalue weighted by Gasteiger charge is 1.92. The first-order valence-electron chi connectivity index (χ1n) is 4.79. The van der Waals surface area contributed by atoms with E-state index >= 15 is 0 Å². The largest absolute Gasteiger partial charge is 0.256 e. The van der Waals surface area contributed by atoms with Crippen molar-refractivity contribution in [1.82, 2.24) is 0 Å². The zero-order valence-electron chi connectivity index (χ0n) is 8.40. The van der Waals surface area contributed by atoms with Crippen LogP contribution in [0.15, 0.2) is 53.5 Å². The molecule has 80 valence electrons. The average Bonchev–Trinajstić information content (AvgIpc) is 2.28. The van der Waals surface area contributed by atoms with Crippen LogP contribution in [0.25, 0.3) is 0 Å². The van der Waals surface area contributed by atoms with Crippen molar-refractivity contribution in [3.05, 3.63) is 65.7 Å². The second-order valence-corrected chi connectivity index (χ2v) is 3.29. The summed E-state index contributed by atoms with van der Waals surface area (Å²) < 4.78 is 25.4. The topological polar surface area (TPSA) is 12.4 Å². The first kappa shape index (κ1) is 10.5. The predicted octanol–water partition coefficient (Wildman–Crippen LogP) is 3.72. The molecule has 2 aromatic rings. The molecule has 0 spiro atoms. The highest BCUT2D eigenvalue weighted by Crippen LogP contribution is 2.12. The fourth-order valence-corrected chi connectivity index (χ4v) is 1.25. The van der Waals surface area contributed by atoms with Gasteiger partial charge in [-0.25, -0.2) is 8.78 Å². The molecule has 2 aromatic carbocycles. The molecule has 0 bridgehead atoms. The van der Waals surface area contributed by atoms with Crippen molar-refractivity contribution in [1.29, 1.82) is 0 Å². The maximum absolute atomic E-state index is 12.8. The summed E-state index contributed by atoms with van der Waals surface area (Å²) in [5.74, 6) is -0.614. The van der Waals surface area contributed by atoms with Crippen LogP contribution in [0.4, 0.5) is 14.5 Å². The van der Waals surface area contributed by atoms with Crippen LogP contribution in [-0.2, 0) is 0 Å². The smallest absolute Gasteiger partial charge is 0.125 e. The average molecular weight is 217 g/mol. The van der Waals surface area contributed by atoms with Gasteiger partial charge in [-0.15, -0.1) is 0 Å². The van der Waals surface area contributed by atoms with Gasteiger partial charge in [0.15, 0.2) is 0 Å². The van der Waals surface area contributed by atoms with Gasteiger partial charge in [-0.1, -0.05) is 18.2 Å². The summed E-state index contributed by atoms with van der Waals surface area (Å²) in [5, 5.41) is 0. The van der Waals surface area contributed by atoms with E-state index in [1.807, 2.05) is 0 Å². The molecular weight excluding hydrogens is 208 g/mol. The second-order valence-electron chi connectivity index (χ2n) is 3.29. The molecule has 0 heterocycles. The third-order valence-corrected chi connectivity index (χ3v) is 2.04. The van der Waals surface area contributed by atoms with Crippen LogP contribution >= 0.6 is 0 Å². The van der Waals surface area contributed by atoms with Crippen molar-refractivity contribution in [2.45, 2.75) is 0 Å². The summed E-state index contributed by atoms with van der Waals surface area (Å²) in [6.07, 6.45) is 1.56. The molecule has 2 rings (SSSR count). The monoisotopic (exact) mass is 217 g/mol. The Bertz CT molecular complexity index is 504. The van der Waals surface area contributed by atoms with Crippen molar-refractivity contribution >= 4 is 11.9 Å². The van der Waals surface area contributed by atoms with Crippen molar-refractivity contribution in [2.75, 3.05) is 0 Å². The van der Waals surface area contributed by atoms with Gasteiger partial charge in [-0.3, -0.25) is 4.99 Å². The quantitative estimate of drug-likeness (QED) is 0.680. The van der Waals surface area contributed by atoms with Crippen LogP contribution in [0.2, 0.25) is 0 Å². The summed E-state index contributed by atoms with van der Waals surface area (Å²) in [7, 11) is 0.